The van der Waals surface area contributed by atoms with Crippen LogP contribution in [0.3, 0.4) is 0 Å². The van der Waals surface area contributed by atoms with Gasteiger partial charge in [0.05, 0.1) is 11.8 Å². The van der Waals surface area contributed by atoms with Gasteiger partial charge in [-0.25, -0.2) is 22.7 Å². The molecule has 0 aliphatic carbocycles. The number of aryl methyl sites for hydroxylation is 3. The van der Waals surface area contributed by atoms with Crippen LogP contribution < -0.4 is 5.32 Å². The number of hydrogen-bond acceptors (Lipinski definition) is 4. The molecule has 2 aromatic heterocycles. The molecular weight excluding hydrogens is 361 g/mol. The molecule has 0 spiro atoms. The number of amides is 1. The summed E-state index contributed by atoms with van der Waals surface area (Å²) in [6.07, 6.45) is -1.42. The molecule has 1 unspecified atom stereocenters. The van der Waals surface area contributed by atoms with Crippen molar-refractivity contribution in [2.24, 2.45) is 0 Å². The van der Waals surface area contributed by atoms with E-state index in [2.05, 4.69) is 15.4 Å². The van der Waals surface area contributed by atoms with Gasteiger partial charge >= 0.3 is 0 Å². The minimum atomic E-state index is -1.62. The van der Waals surface area contributed by atoms with Crippen molar-refractivity contribution in [2.45, 2.75) is 26.9 Å². The number of carbonyl (C=O) groups is 1. The third-order valence-corrected chi connectivity index (χ3v) is 4.14. The smallest absolute Gasteiger partial charge is 0.257 e. The first-order chi connectivity index (χ1) is 12.7. The second kappa shape index (κ2) is 6.99. The molecule has 6 nitrogen and oxygen atoms in total. The van der Waals surface area contributed by atoms with Gasteiger partial charge in [0, 0.05) is 17.9 Å². The van der Waals surface area contributed by atoms with Crippen LogP contribution >= 0.6 is 0 Å². The average Bonchev–Trinajstić information content (AvgIpc) is 2.93. The summed E-state index contributed by atoms with van der Waals surface area (Å²) in [7, 11) is 0. The molecule has 0 bridgehead atoms. The maximum absolute atomic E-state index is 13.3. The van der Waals surface area contributed by atoms with Crippen LogP contribution in [0.1, 0.15) is 39.1 Å². The molecule has 2 N–H and O–H groups in total. The van der Waals surface area contributed by atoms with Crippen LogP contribution in [0.4, 0.5) is 13.2 Å². The molecular formula is C18H17F3N4O2. The standard InChI is InChI=1S/C18H17F3N4O2/c1-8-4-9(2)25-17(23-8)15(10(3)24-25)18(27)22-7-14(26)11-5-12(19)16(21)13(20)6-11/h4-6,14,26H,7H2,1-3H3,(H,22,27). The molecule has 0 aliphatic heterocycles. The minimum Gasteiger partial charge on any atom is -0.387 e. The van der Waals surface area contributed by atoms with Gasteiger partial charge in [-0.2, -0.15) is 5.10 Å². The predicted octanol–water partition coefficient (Wildman–Crippen LogP) is 2.54. The van der Waals surface area contributed by atoms with E-state index in [1.807, 2.05) is 13.0 Å². The van der Waals surface area contributed by atoms with Gasteiger partial charge in [0.15, 0.2) is 23.1 Å². The summed E-state index contributed by atoms with van der Waals surface area (Å²) in [6, 6.07) is 3.19. The minimum absolute atomic E-state index is 0.187. The summed E-state index contributed by atoms with van der Waals surface area (Å²) < 4.78 is 41.1. The van der Waals surface area contributed by atoms with E-state index in [4.69, 9.17) is 0 Å². The van der Waals surface area contributed by atoms with Crippen LogP contribution in [0, 0.1) is 38.2 Å². The van der Waals surface area contributed by atoms with Crippen LogP contribution in [0.25, 0.3) is 5.65 Å². The molecule has 142 valence electrons. The summed E-state index contributed by atoms with van der Waals surface area (Å²) in [5, 5.41) is 16.8. The molecule has 0 fully saturated rings. The van der Waals surface area contributed by atoms with E-state index < -0.39 is 29.5 Å². The average molecular weight is 378 g/mol. The van der Waals surface area contributed by atoms with Crippen LogP contribution in [0.15, 0.2) is 18.2 Å². The Kier molecular flexibility index (Phi) is 4.88. The zero-order valence-electron chi connectivity index (χ0n) is 14.8. The van der Waals surface area contributed by atoms with Gasteiger partial charge in [-0.1, -0.05) is 0 Å². The number of benzene rings is 1. The lowest BCUT2D eigenvalue weighted by atomic mass is 10.1. The Morgan fingerprint density at radius 1 is 1.19 bits per heavy atom. The van der Waals surface area contributed by atoms with Gasteiger partial charge in [-0.05, 0) is 44.5 Å². The summed E-state index contributed by atoms with van der Waals surface area (Å²) in [5.74, 6) is -4.98. The number of aromatic nitrogens is 3. The van der Waals surface area contributed by atoms with E-state index in [1.54, 1.807) is 18.4 Å². The zero-order chi connectivity index (χ0) is 19.9. The molecule has 3 aromatic rings. The normalized spacial score (nSPS) is 12.4. The van der Waals surface area contributed by atoms with Crippen molar-refractivity contribution in [1.82, 2.24) is 19.9 Å². The van der Waals surface area contributed by atoms with Gasteiger partial charge in [0.1, 0.15) is 5.56 Å². The Bertz CT molecular complexity index is 1030. The number of rotatable bonds is 4. The molecule has 1 aromatic carbocycles. The molecule has 3 rings (SSSR count). The molecule has 0 saturated carbocycles. The Morgan fingerprint density at radius 3 is 2.44 bits per heavy atom. The molecule has 1 atom stereocenters. The number of aliphatic hydroxyl groups excluding tert-OH is 1. The fourth-order valence-electron chi connectivity index (χ4n) is 2.86. The summed E-state index contributed by atoms with van der Waals surface area (Å²) in [4.78, 5) is 16.9. The fourth-order valence-corrected chi connectivity index (χ4v) is 2.86. The number of halogens is 3. The first-order valence-electron chi connectivity index (χ1n) is 8.13. The van der Waals surface area contributed by atoms with Gasteiger partial charge in [0.25, 0.3) is 5.91 Å². The number of nitrogens with zero attached hydrogens (tertiary/aromatic N) is 3. The first-order valence-corrected chi connectivity index (χ1v) is 8.13. The summed E-state index contributed by atoms with van der Waals surface area (Å²) in [5.41, 5.74) is 2.39. The second-order valence-electron chi connectivity index (χ2n) is 6.26. The highest BCUT2D eigenvalue weighted by Crippen LogP contribution is 2.20. The quantitative estimate of drug-likeness (QED) is 0.684. The van der Waals surface area contributed by atoms with E-state index >= 15 is 0 Å². The fraction of sp³-hybridized carbons (Fsp3) is 0.278. The topological polar surface area (TPSA) is 79.5 Å². The van der Waals surface area contributed by atoms with E-state index in [1.165, 1.54) is 0 Å². The highest BCUT2D eigenvalue weighted by Gasteiger charge is 2.21. The zero-order valence-corrected chi connectivity index (χ0v) is 14.8. The molecule has 0 aliphatic rings. The lowest BCUT2D eigenvalue weighted by Gasteiger charge is -2.13. The Labute approximate surface area is 152 Å². The predicted molar refractivity (Wildman–Crippen MR) is 90.8 cm³/mol. The van der Waals surface area contributed by atoms with Crippen molar-refractivity contribution < 1.29 is 23.1 Å². The molecule has 2 heterocycles. The lowest BCUT2D eigenvalue weighted by Crippen LogP contribution is -2.29. The van der Waals surface area contributed by atoms with E-state index in [-0.39, 0.29) is 17.7 Å². The van der Waals surface area contributed by atoms with Crippen LogP contribution in [-0.4, -0.2) is 32.2 Å². The van der Waals surface area contributed by atoms with Gasteiger partial charge in [-0.15, -0.1) is 0 Å². The van der Waals surface area contributed by atoms with Crippen molar-refractivity contribution in [3.63, 3.8) is 0 Å². The van der Waals surface area contributed by atoms with E-state index in [0.29, 0.717) is 29.2 Å². The van der Waals surface area contributed by atoms with E-state index in [0.717, 1.165) is 5.69 Å². The van der Waals surface area contributed by atoms with Crippen molar-refractivity contribution in [2.75, 3.05) is 6.54 Å². The summed E-state index contributed by atoms with van der Waals surface area (Å²) >= 11 is 0. The van der Waals surface area contributed by atoms with Crippen LogP contribution in [0.2, 0.25) is 0 Å². The SMILES string of the molecule is Cc1cc(C)n2nc(C)c(C(=O)NCC(O)c3cc(F)c(F)c(F)c3)c2n1. The van der Waals surface area contributed by atoms with Crippen molar-refractivity contribution in [3.05, 3.63) is 63.9 Å². The highest BCUT2D eigenvalue weighted by atomic mass is 19.2. The molecule has 0 radical (unpaired) electrons. The number of aliphatic hydroxyl groups is 1. The first kappa shape index (κ1) is 18.8. The van der Waals surface area contributed by atoms with Gasteiger partial charge in [0.2, 0.25) is 0 Å². The van der Waals surface area contributed by atoms with Crippen molar-refractivity contribution >= 4 is 11.6 Å². The highest BCUT2D eigenvalue weighted by molar-refractivity contribution is 6.01. The van der Waals surface area contributed by atoms with Gasteiger partial charge < -0.3 is 10.4 Å². The number of hydrogen-bond donors (Lipinski definition) is 2. The number of nitrogens with one attached hydrogen (secondary N) is 1. The van der Waals surface area contributed by atoms with Crippen LogP contribution in [0.5, 0.6) is 0 Å². The molecule has 27 heavy (non-hydrogen) atoms. The van der Waals surface area contributed by atoms with Gasteiger partial charge in [-0.3, -0.25) is 4.79 Å². The second-order valence-corrected chi connectivity index (χ2v) is 6.26. The third kappa shape index (κ3) is 3.50. The maximum atomic E-state index is 13.3. The van der Waals surface area contributed by atoms with Crippen LogP contribution in [-0.2, 0) is 0 Å². The molecule has 9 heteroatoms. The summed E-state index contributed by atoms with van der Waals surface area (Å²) in [6.45, 7) is 4.94. The lowest BCUT2D eigenvalue weighted by molar-refractivity contribution is 0.0916. The number of carbonyl (C=O) groups excluding carboxylic acids is 1. The monoisotopic (exact) mass is 378 g/mol. The molecule has 0 saturated heterocycles. The van der Waals surface area contributed by atoms with Crippen molar-refractivity contribution in [3.8, 4) is 0 Å². The molecule has 1 amide bonds. The Morgan fingerprint density at radius 2 is 1.81 bits per heavy atom. The van der Waals surface area contributed by atoms with Crippen molar-refractivity contribution in [1.29, 1.82) is 0 Å². The number of fused-ring (bicyclic) bond motifs is 1. The Hall–Kier alpha value is -2.94. The maximum Gasteiger partial charge on any atom is 0.257 e. The largest absolute Gasteiger partial charge is 0.387 e. The van der Waals surface area contributed by atoms with E-state index in [9.17, 15) is 23.1 Å². The Balaban J connectivity index is 1.82. The third-order valence-electron chi connectivity index (χ3n) is 4.14.